The lowest BCUT2D eigenvalue weighted by Crippen LogP contribution is -2.10. The van der Waals surface area contributed by atoms with Gasteiger partial charge in [-0.05, 0) is 23.2 Å². The summed E-state index contributed by atoms with van der Waals surface area (Å²) in [6.45, 7) is 0.0855. The van der Waals surface area contributed by atoms with Crippen molar-refractivity contribution in [2.75, 3.05) is 0 Å². The van der Waals surface area contributed by atoms with E-state index in [1.807, 2.05) is 6.07 Å². The van der Waals surface area contributed by atoms with Gasteiger partial charge in [-0.3, -0.25) is 0 Å². The molecule has 0 radical (unpaired) electrons. The van der Waals surface area contributed by atoms with Gasteiger partial charge >= 0.3 is 6.16 Å². The van der Waals surface area contributed by atoms with Gasteiger partial charge in [0.25, 0.3) is 0 Å². The van der Waals surface area contributed by atoms with Crippen LogP contribution in [0.2, 0.25) is 0 Å². The summed E-state index contributed by atoms with van der Waals surface area (Å²) in [4.78, 5) is 14.1. The molecule has 6 nitrogen and oxygen atoms in total. The average Bonchev–Trinajstić information content (AvgIpc) is 2.48. The predicted molar refractivity (Wildman–Crippen MR) is 72.5 cm³/mol. The van der Waals surface area contributed by atoms with Crippen molar-refractivity contribution in [1.82, 2.24) is 0 Å². The second-order valence-corrected chi connectivity index (χ2v) is 3.81. The fourth-order valence-corrected chi connectivity index (χ4v) is 1.47. The molecule has 0 saturated heterocycles. The standard InChI is InChI=1S/C14H11N3O3/c15-17-16-12-8-6-11(7-9-12)10-19-14(18)20-13-4-2-1-3-5-13/h1-9H,10H2. The summed E-state index contributed by atoms with van der Waals surface area (Å²) < 4.78 is 9.94. The van der Waals surface area contributed by atoms with Crippen molar-refractivity contribution in [3.8, 4) is 5.75 Å². The molecular formula is C14H11N3O3. The second kappa shape index (κ2) is 6.82. The first kappa shape index (κ1) is 13.5. The molecule has 0 heterocycles. The zero-order valence-electron chi connectivity index (χ0n) is 10.5. The van der Waals surface area contributed by atoms with Crippen LogP contribution in [0.3, 0.4) is 0 Å². The zero-order valence-corrected chi connectivity index (χ0v) is 10.5. The minimum absolute atomic E-state index is 0.0855. The third-order valence-corrected chi connectivity index (χ3v) is 2.40. The summed E-state index contributed by atoms with van der Waals surface area (Å²) in [7, 11) is 0. The van der Waals surface area contributed by atoms with Crippen molar-refractivity contribution in [1.29, 1.82) is 0 Å². The van der Waals surface area contributed by atoms with Crippen LogP contribution in [0, 0.1) is 0 Å². The van der Waals surface area contributed by atoms with Crippen molar-refractivity contribution >= 4 is 11.8 Å². The van der Waals surface area contributed by atoms with Crippen LogP contribution in [0.25, 0.3) is 10.4 Å². The summed E-state index contributed by atoms with van der Waals surface area (Å²) in [5.74, 6) is 0.427. The number of azide groups is 1. The van der Waals surface area contributed by atoms with Crippen LogP contribution in [0.4, 0.5) is 10.5 Å². The third kappa shape index (κ3) is 4.04. The number of carbonyl (C=O) groups is 1. The maximum Gasteiger partial charge on any atom is 0.514 e. The molecule has 0 bridgehead atoms. The van der Waals surface area contributed by atoms with E-state index < -0.39 is 6.16 Å². The Balaban J connectivity index is 1.85. The summed E-state index contributed by atoms with van der Waals surface area (Å²) in [6.07, 6.45) is -0.768. The summed E-state index contributed by atoms with van der Waals surface area (Å²) in [6, 6.07) is 15.4. The number of hydrogen-bond acceptors (Lipinski definition) is 4. The molecule has 0 atom stereocenters. The molecule has 2 aromatic rings. The van der Waals surface area contributed by atoms with Crippen LogP contribution in [-0.2, 0) is 11.3 Å². The second-order valence-electron chi connectivity index (χ2n) is 3.81. The number of hydrogen-bond donors (Lipinski definition) is 0. The van der Waals surface area contributed by atoms with Gasteiger partial charge in [0.1, 0.15) is 12.4 Å². The molecule has 0 aromatic heterocycles. The topological polar surface area (TPSA) is 84.3 Å². The van der Waals surface area contributed by atoms with Gasteiger partial charge in [-0.1, -0.05) is 47.6 Å². The molecule has 0 fully saturated rings. The van der Waals surface area contributed by atoms with E-state index in [0.717, 1.165) is 5.56 Å². The van der Waals surface area contributed by atoms with Gasteiger partial charge in [-0.15, -0.1) is 0 Å². The van der Waals surface area contributed by atoms with E-state index in [0.29, 0.717) is 11.4 Å². The minimum atomic E-state index is -0.768. The molecule has 0 N–H and O–H groups in total. The van der Waals surface area contributed by atoms with E-state index >= 15 is 0 Å². The molecule has 0 aliphatic heterocycles. The van der Waals surface area contributed by atoms with E-state index in [1.54, 1.807) is 48.5 Å². The highest BCUT2D eigenvalue weighted by atomic mass is 16.7. The van der Waals surface area contributed by atoms with Crippen molar-refractivity contribution in [2.24, 2.45) is 5.11 Å². The van der Waals surface area contributed by atoms with Crippen LogP contribution in [0.1, 0.15) is 5.56 Å². The number of carbonyl (C=O) groups excluding carboxylic acids is 1. The molecule has 20 heavy (non-hydrogen) atoms. The fraction of sp³-hybridized carbons (Fsp3) is 0.0714. The molecule has 0 spiro atoms. The zero-order chi connectivity index (χ0) is 14.2. The lowest BCUT2D eigenvalue weighted by molar-refractivity contribution is 0.0928. The molecule has 0 saturated carbocycles. The maximum atomic E-state index is 11.4. The number of benzene rings is 2. The predicted octanol–water partition coefficient (Wildman–Crippen LogP) is 4.34. The molecule has 2 rings (SSSR count). The molecular weight excluding hydrogens is 258 g/mol. The average molecular weight is 269 g/mol. The Kier molecular flexibility index (Phi) is 4.59. The molecule has 0 aliphatic rings. The monoisotopic (exact) mass is 269 g/mol. The van der Waals surface area contributed by atoms with Crippen LogP contribution in [0.5, 0.6) is 5.75 Å². The molecule has 100 valence electrons. The Morgan fingerprint density at radius 3 is 2.45 bits per heavy atom. The molecule has 6 heteroatoms. The molecule has 0 aliphatic carbocycles. The molecule has 0 unspecified atom stereocenters. The highest BCUT2D eigenvalue weighted by Gasteiger charge is 2.05. The molecule has 0 amide bonds. The minimum Gasteiger partial charge on any atom is -0.429 e. The van der Waals surface area contributed by atoms with Gasteiger partial charge < -0.3 is 9.47 Å². The van der Waals surface area contributed by atoms with Crippen LogP contribution in [-0.4, -0.2) is 6.16 Å². The van der Waals surface area contributed by atoms with Crippen molar-refractivity contribution in [2.45, 2.75) is 6.61 Å². The smallest absolute Gasteiger partial charge is 0.429 e. The van der Waals surface area contributed by atoms with E-state index in [2.05, 4.69) is 10.0 Å². The van der Waals surface area contributed by atoms with Crippen molar-refractivity contribution in [3.63, 3.8) is 0 Å². The number of rotatable bonds is 4. The van der Waals surface area contributed by atoms with Gasteiger partial charge in [-0.2, -0.15) is 0 Å². The Labute approximate surface area is 115 Å². The number of ether oxygens (including phenoxy) is 2. The Hall–Kier alpha value is -2.98. The fourth-order valence-electron chi connectivity index (χ4n) is 1.47. The van der Waals surface area contributed by atoms with Crippen LogP contribution < -0.4 is 4.74 Å². The van der Waals surface area contributed by atoms with Gasteiger partial charge in [0.2, 0.25) is 0 Å². The first-order valence-corrected chi connectivity index (χ1v) is 5.81. The van der Waals surface area contributed by atoms with Gasteiger partial charge in [0, 0.05) is 10.6 Å². The van der Waals surface area contributed by atoms with Gasteiger partial charge in [0.15, 0.2) is 0 Å². The summed E-state index contributed by atoms with van der Waals surface area (Å²) in [5, 5.41) is 3.45. The largest absolute Gasteiger partial charge is 0.514 e. The summed E-state index contributed by atoms with van der Waals surface area (Å²) in [5.41, 5.74) is 9.55. The highest BCUT2D eigenvalue weighted by molar-refractivity contribution is 5.63. The Morgan fingerprint density at radius 1 is 1.10 bits per heavy atom. The lowest BCUT2D eigenvalue weighted by Gasteiger charge is -2.05. The van der Waals surface area contributed by atoms with Crippen molar-refractivity contribution in [3.05, 3.63) is 70.6 Å². The van der Waals surface area contributed by atoms with Crippen LogP contribution in [0.15, 0.2) is 59.7 Å². The highest BCUT2D eigenvalue weighted by Crippen LogP contribution is 2.14. The van der Waals surface area contributed by atoms with Gasteiger partial charge in [0.05, 0.1) is 0 Å². The number of nitrogens with zero attached hydrogens (tertiary/aromatic N) is 3. The quantitative estimate of drug-likeness (QED) is 0.272. The first-order chi connectivity index (χ1) is 9.78. The summed E-state index contributed by atoms with van der Waals surface area (Å²) >= 11 is 0. The van der Waals surface area contributed by atoms with E-state index in [4.69, 9.17) is 15.0 Å². The first-order valence-electron chi connectivity index (χ1n) is 5.81. The lowest BCUT2D eigenvalue weighted by atomic mass is 10.2. The van der Waals surface area contributed by atoms with E-state index in [9.17, 15) is 4.79 Å². The number of para-hydroxylation sites is 1. The van der Waals surface area contributed by atoms with E-state index in [1.165, 1.54) is 0 Å². The third-order valence-electron chi connectivity index (χ3n) is 2.40. The normalized spacial score (nSPS) is 9.40. The Bertz CT molecular complexity index is 620. The maximum absolute atomic E-state index is 11.4. The molecule has 2 aromatic carbocycles. The van der Waals surface area contributed by atoms with Crippen molar-refractivity contribution < 1.29 is 14.3 Å². The SMILES string of the molecule is [N-]=[N+]=Nc1ccc(COC(=O)Oc2ccccc2)cc1. The Morgan fingerprint density at radius 2 is 1.80 bits per heavy atom. The van der Waals surface area contributed by atoms with E-state index in [-0.39, 0.29) is 6.61 Å². The van der Waals surface area contributed by atoms with Crippen LogP contribution >= 0.6 is 0 Å². The van der Waals surface area contributed by atoms with Gasteiger partial charge in [-0.25, -0.2) is 4.79 Å².